The fourth-order valence-corrected chi connectivity index (χ4v) is 3.33. The second-order valence-corrected chi connectivity index (χ2v) is 6.21. The van der Waals surface area contributed by atoms with Crippen molar-refractivity contribution in [2.75, 3.05) is 0 Å². The topological polar surface area (TPSA) is 26.0 Å². The Bertz CT molecular complexity index is 413. The first-order chi connectivity index (χ1) is 9.10. The minimum atomic E-state index is -0.359. The molecule has 0 radical (unpaired) electrons. The monoisotopic (exact) mass is 283 g/mol. The zero-order valence-corrected chi connectivity index (χ0v) is 12.3. The van der Waals surface area contributed by atoms with Crippen molar-refractivity contribution in [3.63, 3.8) is 0 Å². The lowest BCUT2D eigenvalue weighted by Gasteiger charge is -2.31. The van der Waals surface area contributed by atoms with Gasteiger partial charge in [-0.05, 0) is 48.8 Å². The van der Waals surface area contributed by atoms with Gasteiger partial charge < -0.3 is 5.73 Å². The van der Waals surface area contributed by atoms with E-state index in [4.69, 9.17) is 17.3 Å². The maximum Gasteiger partial charge on any atom is 0.141 e. The number of hydrogen-bond donors (Lipinski definition) is 1. The highest BCUT2D eigenvalue weighted by Gasteiger charge is 2.24. The number of nitrogens with two attached hydrogens (primary N) is 1. The van der Waals surface area contributed by atoms with Crippen molar-refractivity contribution in [2.24, 2.45) is 17.6 Å². The van der Waals surface area contributed by atoms with Gasteiger partial charge >= 0.3 is 0 Å². The molecule has 1 aromatic rings. The molecule has 1 saturated carbocycles. The van der Waals surface area contributed by atoms with Gasteiger partial charge in [0.05, 0.1) is 5.02 Å². The van der Waals surface area contributed by atoms with Crippen molar-refractivity contribution in [1.29, 1.82) is 0 Å². The molecule has 1 fully saturated rings. The first-order valence-electron chi connectivity index (χ1n) is 7.29. The summed E-state index contributed by atoms with van der Waals surface area (Å²) in [6.45, 7) is 2.27. The maximum atomic E-state index is 13.1. The van der Waals surface area contributed by atoms with Gasteiger partial charge in [-0.1, -0.05) is 43.9 Å². The molecule has 1 atom stereocenters. The van der Waals surface area contributed by atoms with Crippen LogP contribution < -0.4 is 5.73 Å². The van der Waals surface area contributed by atoms with E-state index in [1.807, 2.05) is 0 Å². The van der Waals surface area contributed by atoms with E-state index in [0.29, 0.717) is 5.92 Å². The number of halogens is 2. The summed E-state index contributed by atoms with van der Waals surface area (Å²) in [4.78, 5) is 0. The highest BCUT2D eigenvalue weighted by atomic mass is 35.5. The van der Waals surface area contributed by atoms with Crippen LogP contribution in [0.5, 0.6) is 0 Å². The highest BCUT2D eigenvalue weighted by molar-refractivity contribution is 6.30. The van der Waals surface area contributed by atoms with E-state index in [1.54, 1.807) is 12.1 Å². The molecule has 1 aliphatic carbocycles. The van der Waals surface area contributed by atoms with E-state index in [0.717, 1.165) is 17.9 Å². The van der Waals surface area contributed by atoms with Gasteiger partial charge in [0.25, 0.3) is 0 Å². The maximum absolute atomic E-state index is 13.1. The van der Waals surface area contributed by atoms with Gasteiger partial charge in [0, 0.05) is 6.04 Å². The molecule has 2 rings (SSSR count). The van der Waals surface area contributed by atoms with Crippen LogP contribution in [0, 0.1) is 17.7 Å². The summed E-state index contributed by atoms with van der Waals surface area (Å²) in [5.41, 5.74) is 7.36. The molecule has 1 aliphatic rings. The molecular formula is C16H23ClFN. The third-order valence-corrected chi connectivity index (χ3v) is 4.82. The average Bonchev–Trinajstić information content (AvgIpc) is 2.43. The fraction of sp³-hybridized carbons (Fsp3) is 0.625. The zero-order chi connectivity index (χ0) is 13.8. The Labute approximate surface area is 120 Å². The first kappa shape index (κ1) is 14.8. The third-order valence-electron chi connectivity index (χ3n) is 4.53. The molecule has 0 amide bonds. The summed E-state index contributed by atoms with van der Waals surface area (Å²) in [6, 6.07) is 5.09. The largest absolute Gasteiger partial charge is 0.327 e. The summed E-state index contributed by atoms with van der Waals surface area (Å²) in [7, 11) is 0. The highest BCUT2D eigenvalue weighted by Crippen LogP contribution is 2.32. The Kier molecular flexibility index (Phi) is 5.23. The van der Waals surface area contributed by atoms with Gasteiger partial charge in [-0.15, -0.1) is 0 Å². The van der Waals surface area contributed by atoms with Crippen LogP contribution in [0.3, 0.4) is 0 Å². The number of hydrogen-bond acceptors (Lipinski definition) is 1. The summed E-state index contributed by atoms with van der Waals surface area (Å²) in [6.07, 6.45) is 7.15. The summed E-state index contributed by atoms with van der Waals surface area (Å²) >= 11 is 5.81. The second-order valence-electron chi connectivity index (χ2n) is 5.81. The Hall–Kier alpha value is -0.600. The molecular weight excluding hydrogens is 261 g/mol. The number of rotatable bonds is 4. The van der Waals surface area contributed by atoms with Crippen LogP contribution in [0.4, 0.5) is 4.39 Å². The lowest BCUT2D eigenvalue weighted by molar-refractivity contribution is 0.238. The predicted octanol–water partition coefficient (Wildman–Crippen LogP) is 4.57. The van der Waals surface area contributed by atoms with E-state index < -0.39 is 0 Å². The van der Waals surface area contributed by atoms with Crippen molar-refractivity contribution < 1.29 is 4.39 Å². The minimum absolute atomic E-state index is 0.166. The second kappa shape index (κ2) is 6.71. The van der Waals surface area contributed by atoms with Crippen molar-refractivity contribution in [2.45, 2.75) is 51.5 Å². The van der Waals surface area contributed by atoms with Crippen molar-refractivity contribution >= 4 is 11.6 Å². The standard InChI is InChI=1S/C16H23ClFN/c1-2-11-3-6-13(7-4-11)16(19)10-12-5-8-15(18)14(17)9-12/h5,8-9,11,13,16H,2-4,6-7,10,19H2,1H3. The molecule has 1 nitrogen and oxygen atoms in total. The van der Waals surface area contributed by atoms with Crippen LogP contribution in [-0.4, -0.2) is 6.04 Å². The summed E-state index contributed by atoms with van der Waals surface area (Å²) in [5.74, 6) is 1.14. The SMILES string of the molecule is CCC1CCC(C(N)Cc2ccc(F)c(Cl)c2)CC1. The Morgan fingerprint density at radius 2 is 2.00 bits per heavy atom. The molecule has 0 bridgehead atoms. The fourth-order valence-electron chi connectivity index (χ4n) is 3.13. The van der Waals surface area contributed by atoms with Crippen molar-refractivity contribution in [3.8, 4) is 0 Å². The van der Waals surface area contributed by atoms with Gasteiger partial charge in [0.1, 0.15) is 5.82 Å². The molecule has 0 spiro atoms. The zero-order valence-electron chi connectivity index (χ0n) is 11.5. The van der Waals surface area contributed by atoms with E-state index >= 15 is 0 Å². The lowest BCUT2D eigenvalue weighted by Crippen LogP contribution is -2.34. The van der Waals surface area contributed by atoms with Crippen LogP contribution in [0.1, 0.15) is 44.6 Å². The van der Waals surface area contributed by atoms with Gasteiger partial charge in [0.15, 0.2) is 0 Å². The molecule has 2 N–H and O–H groups in total. The van der Waals surface area contributed by atoms with Crippen molar-refractivity contribution in [1.82, 2.24) is 0 Å². The van der Waals surface area contributed by atoms with Gasteiger partial charge in [-0.2, -0.15) is 0 Å². The van der Waals surface area contributed by atoms with Crippen LogP contribution in [0.25, 0.3) is 0 Å². The van der Waals surface area contributed by atoms with Gasteiger partial charge in [-0.25, -0.2) is 4.39 Å². The predicted molar refractivity (Wildman–Crippen MR) is 78.8 cm³/mol. The number of benzene rings is 1. The molecule has 0 aromatic heterocycles. The third kappa shape index (κ3) is 3.93. The van der Waals surface area contributed by atoms with E-state index in [1.165, 1.54) is 38.2 Å². The summed E-state index contributed by atoms with van der Waals surface area (Å²) in [5, 5.41) is 0.194. The normalized spacial score (nSPS) is 25.3. The van der Waals surface area contributed by atoms with E-state index in [9.17, 15) is 4.39 Å². The molecule has 1 aromatic carbocycles. The Morgan fingerprint density at radius 3 is 2.58 bits per heavy atom. The van der Waals surface area contributed by atoms with Crippen LogP contribution in [-0.2, 0) is 6.42 Å². The molecule has 106 valence electrons. The first-order valence-corrected chi connectivity index (χ1v) is 7.67. The van der Waals surface area contributed by atoms with Gasteiger partial charge in [-0.3, -0.25) is 0 Å². The molecule has 1 unspecified atom stereocenters. The van der Waals surface area contributed by atoms with E-state index in [2.05, 4.69) is 6.92 Å². The Balaban J connectivity index is 1.90. The van der Waals surface area contributed by atoms with Crippen LogP contribution in [0.2, 0.25) is 5.02 Å². The molecule has 0 saturated heterocycles. The quantitative estimate of drug-likeness (QED) is 0.861. The van der Waals surface area contributed by atoms with E-state index in [-0.39, 0.29) is 16.9 Å². The summed E-state index contributed by atoms with van der Waals surface area (Å²) < 4.78 is 13.1. The van der Waals surface area contributed by atoms with Crippen LogP contribution in [0.15, 0.2) is 18.2 Å². The average molecular weight is 284 g/mol. The Morgan fingerprint density at radius 1 is 1.32 bits per heavy atom. The van der Waals surface area contributed by atoms with Gasteiger partial charge in [0.2, 0.25) is 0 Å². The lowest BCUT2D eigenvalue weighted by atomic mass is 9.76. The smallest absolute Gasteiger partial charge is 0.141 e. The molecule has 3 heteroatoms. The molecule has 0 aliphatic heterocycles. The minimum Gasteiger partial charge on any atom is -0.327 e. The molecule has 0 heterocycles. The van der Waals surface area contributed by atoms with Crippen molar-refractivity contribution in [3.05, 3.63) is 34.6 Å². The van der Waals surface area contributed by atoms with Crippen LogP contribution >= 0.6 is 11.6 Å². The molecule has 19 heavy (non-hydrogen) atoms.